The normalized spacial score (nSPS) is 10.9. The Morgan fingerprint density at radius 3 is 2.34 bits per heavy atom. The lowest BCUT2D eigenvalue weighted by Gasteiger charge is -2.11. The number of carbonyl (C=O) groups excluding carboxylic acids is 1. The van der Waals surface area contributed by atoms with E-state index in [1.807, 2.05) is 61.5 Å². The van der Waals surface area contributed by atoms with Gasteiger partial charge in [-0.1, -0.05) is 46.3 Å². The first-order valence-electron chi connectivity index (χ1n) is 8.69. The van der Waals surface area contributed by atoms with E-state index in [1.54, 1.807) is 12.3 Å². The molecule has 0 aliphatic heterocycles. The fraction of sp³-hybridized carbons (Fsp3) is 0.0909. The molecule has 0 saturated carbocycles. The molecule has 0 unspecified atom stereocenters. The summed E-state index contributed by atoms with van der Waals surface area (Å²) < 4.78 is 8.54. The number of hydrazone groups is 1. The number of hydrogen-bond acceptors (Lipinski definition) is 3. The van der Waals surface area contributed by atoms with Crippen molar-refractivity contribution in [3.05, 3.63) is 96.3 Å². The monoisotopic (exact) mass is 578 g/mol. The summed E-state index contributed by atoms with van der Waals surface area (Å²) in [6.07, 6.45) is 1.59. The average Bonchev–Trinajstić information content (AvgIpc) is 2.69. The van der Waals surface area contributed by atoms with Crippen molar-refractivity contribution in [2.45, 2.75) is 13.5 Å². The van der Waals surface area contributed by atoms with Crippen LogP contribution in [-0.2, 0) is 6.61 Å². The third-order valence-corrected chi connectivity index (χ3v) is 5.79. The Morgan fingerprint density at radius 1 is 1.03 bits per heavy atom. The van der Waals surface area contributed by atoms with Gasteiger partial charge in [-0.3, -0.25) is 4.79 Å². The number of halogens is 3. The number of nitrogens with zero attached hydrogens (tertiary/aromatic N) is 1. The quantitative estimate of drug-likeness (QED) is 0.263. The first kappa shape index (κ1) is 21.7. The zero-order valence-corrected chi connectivity index (χ0v) is 20.2. The third kappa shape index (κ3) is 6.01. The smallest absolute Gasteiger partial charge is 0.271 e. The maximum absolute atomic E-state index is 12.2. The average molecular weight is 581 g/mol. The van der Waals surface area contributed by atoms with E-state index in [0.29, 0.717) is 17.9 Å². The Balaban J connectivity index is 1.65. The highest BCUT2D eigenvalue weighted by molar-refractivity contribution is 9.11. The van der Waals surface area contributed by atoms with Crippen LogP contribution in [0.1, 0.15) is 27.0 Å². The SMILES string of the molecule is Cc1ccccc1C(=O)N/N=C\c1cc(Br)c(OCc2ccc(Br)cc2)c(Br)c1. The minimum Gasteiger partial charge on any atom is -0.487 e. The summed E-state index contributed by atoms with van der Waals surface area (Å²) in [5.74, 6) is 0.459. The number of hydrogen-bond donors (Lipinski definition) is 1. The van der Waals surface area contributed by atoms with Crippen molar-refractivity contribution in [1.82, 2.24) is 5.43 Å². The van der Waals surface area contributed by atoms with E-state index < -0.39 is 0 Å². The molecule has 29 heavy (non-hydrogen) atoms. The predicted molar refractivity (Wildman–Crippen MR) is 127 cm³/mol. The molecule has 3 aromatic rings. The third-order valence-electron chi connectivity index (χ3n) is 4.09. The number of aryl methyl sites for hydroxylation is 1. The highest BCUT2D eigenvalue weighted by Gasteiger charge is 2.10. The summed E-state index contributed by atoms with van der Waals surface area (Å²) in [4.78, 5) is 12.2. The summed E-state index contributed by atoms with van der Waals surface area (Å²) in [5, 5.41) is 4.06. The van der Waals surface area contributed by atoms with Gasteiger partial charge in [0.05, 0.1) is 15.2 Å². The molecule has 3 aromatic carbocycles. The molecule has 0 aromatic heterocycles. The summed E-state index contributed by atoms with van der Waals surface area (Å²) >= 11 is 10.5. The van der Waals surface area contributed by atoms with Crippen LogP contribution in [0.15, 0.2) is 79.2 Å². The fourth-order valence-electron chi connectivity index (χ4n) is 2.58. The predicted octanol–water partition coefficient (Wildman–Crippen LogP) is 6.63. The molecule has 0 saturated heterocycles. The van der Waals surface area contributed by atoms with Crippen LogP contribution in [0.25, 0.3) is 0 Å². The molecule has 0 aliphatic carbocycles. The first-order chi connectivity index (χ1) is 13.9. The molecular weight excluding hydrogens is 564 g/mol. The Hall–Kier alpha value is -1.96. The highest BCUT2D eigenvalue weighted by Crippen LogP contribution is 2.35. The van der Waals surface area contributed by atoms with E-state index in [-0.39, 0.29) is 5.91 Å². The molecular formula is C22H17Br3N2O2. The maximum atomic E-state index is 12.2. The van der Waals surface area contributed by atoms with E-state index in [9.17, 15) is 4.79 Å². The Morgan fingerprint density at radius 2 is 1.69 bits per heavy atom. The van der Waals surface area contributed by atoms with Gasteiger partial charge in [0.25, 0.3) is 5.91 Å². The number of benzene rings is 3. The van der Waals surface area contributed by atoms with Crippen molar-refractivity contribution in [2.75, 3.05) is 0 Å². The van der Waals surface area contributed by atoms with Gasteiger partial charge in [0.15, 0.2) is 0 Å². The molecule has 1 amide bonds. The lowest BCUT2D eigenvalue weighted by atomic mass is 10.1. The van der Waals surface area contributed by atoms with Gasteiger partial charge < -0.3 is 4.74 Å². The van der Waals surface area contributed by atoms with Crippen molar-refractivity contribution in [2.24, 2.45) is 5.10 Å². The van der Waals surface area contributed by atoms with Gasteiger partial charge in [-0.15, -0.1) is 0 Å². The van der Waals surface area contributed by atoms with Gasteiger partial charge in [-0.2, -0.15) is 5.10 Å². The van der Waals surface area contributed by atoms with Crippen molar-refractivity contribution in [3.63, 3.8) is 0 Å². The van der Waals surface area contributed by atoms with E-state index in [2.05, 4.69) is 58.3 Å². The van der Waals surface area contributed by atoms with E-state index in [4.69, 9.17) is 4.74 Å². The van der Waals surface area contributed by atoms with Crippen LogP contribution in [0.5, 0.6) is 5.75 Å². The number of nitrogens with one attached hydrogen (secondary N) is 1. The van der Waals surface area contributed by atoms with Gasteiger partial charge in [-0.05, 0) is 85.8 Å². The van der Waals surface area contributed by atoms with E-state index >= 15 is 0 Å². The Kier molecular flexibility index (Phi) is 7.64. The zero-order chi connectivity index (χ0) is 20.8. The fourth-order valence-corrected chi connectivity index (χ4v) is 4.30. The van der Waals surface area contributed by atoms with Gasteiger partial charge >= 0.3 is 0 Å². The molecule has 4 nitrogen and oxygen atoms in total. The van der Waals surface area contributed by atoms with Crippen LogP contribution >= 0.6 is 47.8 Å². The molecule has 0 spiro atoms. The van der Waals surface area contributed by atoms with E-state index in [1.165, 1.54) is 0 Å². The van der Waals surface area contributed by atoms with E-state index in [0.717, 1.165) is 30.1 Å². The maximum Gasteiger partial charge on any atom is 0.271 e. The van der Waals surface area contributed by atoms with Crippen molar-refractivity contribution in [3.8, 4) is 5.75 Å². The van der Waals surface area contributed by atoms with Crippen molar-refractivity contribution >= 4 is 59.9 Å². The number of amides is 1. The van der Waals surface area contributed by atoms with Gasteiger partial charge in [0, 0.05) is 10.0 Å². The Bertz CT molecular complexity index is 1030. The Labute approximate surface area is 194 Å². The number of ether oxygens (including phenoxy) is 1. The van der Waals surface area contributed by atoms with Crippen LogP contribution in [0.2, 0.25) is 0 Å². The summed E-state index contributed by atoms with van der Waals surface area (Å²) in [5.41, 5.74) is 5.94. The van der Waals surface area contributed by atoms with Crippen LogP contribution < -0.4 is 10.2 Å². The highest BCUT2D eigenvalue weighted by atomic mass is 79.9. The largest absolute Gasteiger partial charge is 0.487 e. The van der Waals surface area contributed by atoms with Crippen LogP contribution in [0.4, 0.5) is 0 Å². The molecule has 0 heterocycles. The molecule has 148 valence electrons. The van der Waals surface area contributed by atoms with Crippen LogP contribution in [0, 0.1) is 6.92 Å². The second-order valence-electron chi connectivity index (χ2n) is 6.24. The lowest BCUT2D eigenvalue weighted by molar-refractivity contribution is 0.0954. The second kappa shape index (κ2) is 10.2. The van der Waals surface area contributed by atoms with Crippen molar-refractivity contribution in [1.29, 1.82) is 0 Å². The standard InChI is InChI=1S/C22H17Br3N2O2/c1-14-4-2-3-5-18(14)22(28)27-26-12-16-10-19(24)21(20(25)11-16)29-13-15-6-8-17(23)9-7-15/h2-12H,13H2,1H3,(H,27,28)/b26-12-. The molecule has 0 bridgehead atoms. The van der Waals surface area contributed by atoms with Crippen LogP contribution in [0.3, 0.4) is 0 Å². The van der Waals surface area contributed by atoms with Gasteiger partial charge in [-0.25, -0.2) is 5.43 Å². The molecule has 3 rings (SSSR count). The summed E-state index contributed by atoms with van der Waals surface area (Å²) in [6.45, 7) is 2.34. The summed E-state index contributed by atoms with van der Waals surface area (Å²) in [7, 11) is 0. The topological polar surface area (TPSA) is 50.7 Å². The van der Waals surface area contributed by atoms with Crippen LogP contribution in [-0.4, -0.2) is 12.1 Å². The molecule has 0 radical (unpaired) electrons. The molecule has 7 heteroatoms. The summed E-state index contributed by atoms with van der Waals surface area (Å²) in [6, 6.07) is 19.1. The number of rotatable bonds is 6. The minimum atomic E-state index is -0.244. The zero-order valence-electron chi connectivity index (χ0n) is 15.5. The molecule has 0 fully saturated rings. The van der Waals surface area contributed by atoms with Gasteiger partial charge in [0.2, 0.25) is 0 Å². The second-order valence-corrected chi connectivity index (χ2v) is 8.87. The first-order valence-corrected chi connectivity index (χ1v) is 11.1. The van der Waals surface area contributed by atoms with Crippen molar-refractivity contribution < 1.29 is 9.53 Å². The molecule has 1 N–H and O–H groups in total. The van der Waals surface area contributed by atoms with Gasteiger partial charge in [0.1, 0.15) is 12.4 Å². The molecule has 0 atom stereocenters. The molecule has 0 aliphatic rings. The minimum absolute atomic E-state index is 0.244. The number of carbonyl (C=O) groups is 1. The lowest BCUT2D eigenvalue weighted by Crippen LogP contribution is -2.18.